The number of halogens is 1. The van der Waals surface area contributed by atoms with Crippen LogP contribution in [0.15, 0.2) is 60.7 Å². The number of methoxy groups -OCH3 is 1. The summed E-state index contributed by atoms with van der Waals surface area (Å²) in [4.78, 5) is 25.1. The maximum atomic E-state index is 12.6. The fourth-order valence-electron chi connectivity index (χ4n) is 3.04. The standard InChI is InChI=1S/C22H17ClN2O4/c1-28-19-4-2-3-14-12-24-22(27)17-11-16(9-10-18(17)29-20(14)19)25-21(26)13-5-7-15(23)8-6-13/h2-11H,12H2,1H3,(H,24,27)(H,25,26). The van der Waals surface area contributed by atoms with Gasteiger partial charge in [-0.25, -0.2) is 0 Å². The Labute approximate surface area is 172 Å². The first-order valence-electron chi connectivity index (χ1n) is 8.88. The second-order valence-electron chi connectivity index (χ2n) is 6.41. The number of rotatable bonds is 3. The quantitative estimate of drug-likeness (QED) is 0.662. The molecule has 2 N–H and O–H groups in total. The summed E-state index contributed by atoms with van der Waals surface area (Å²) in [7, 11) is 1.56. The molecular weight excluding hydrogens is 392 g/mol. The van der Waals surface area contributed by atoms with Crippen LogP contribution in [0.2, 0.25) is 5.02 Å². The van der Waals surface area contributed by atoms with Crippen LogP contribution in [-0.4, -0.2) is 18.9 Å². The minimum absolute atomic E-state index is 0.295. The second kappa shape index (κ2) is 7.85. The zero-order valence-electron chi connectivity index (χ0n) is 15.5. The normalized spacial score (nSPS) is 12.4. The van der Waals surface area contributed by atoms with Crippen LogP contribution in [0.25, 0.3) is 0 Å². The number of para-hydroxylation sites is 1. The Balaban J connectivity index is 1.64. The molecule has 1 aliphatic heterocycles. The SMILES string of the molecule is COc1cccc2c1Oc1ccc(NC(=O)c3ccc(Cl)cc3)cc1C(=O)NC2. The van der Waals surface area contributed by atoms with Crippen molar-refractivity contribution in [3.8, 4) is 17.2 Å². The fraction of sp³-hybridized carbons (Fsp3) is 0.0909. The minimum atomic E-state index is -0.305. The first-order valence-corrected chi connectivity index (χ1v) is 9.26. The lowest BCUT2D eigenvalue weighted by Gasteiger charge is -2.20. The smallest absolute Gasteiger partial charge is 0.255 e. The predicted octanol–water partition coefficient (Wildman–Crippen LogP) is 4.64. The number of carbonyl (C=O) groups excluding carboxylic acids is 2. The van der Waals surface area contributed by atoms with Gasteiger partial charge in [0.25, 0.3) is 11.8 Å². The van der Waals surface area contributed by atoms with Gasteiger partial charge in [-0.1, -0.05) is 23.7 Å². The van der Waals surface area contributed by atoms with Crippen molar-refractivity contribution in [2.45, 2.75) is 6.54 Å². The molecule has 3 aromatic rings. The number of hydrogen-bond donors (Lipinski definition) is 2. The zero-order valence-corrected chi connectivity index (χ0v) is 16.2. The van der Waals surface area contributed by atoms with E-state index in [1.807, 2.05) is 12.1 Å². The largest absolute Gasteiger partial charge is 0.493 e. The van der Waals surface area contributed by atoms with Crippen molar-refractivity contribution in [3.63, 3.8) is 0 Å². The molecule has 146 valence electrons. The molecule has 0 radical (unpaired) electrons. The van der Waals surface area contributed by atoms with Gasteiger partial charge in [-0.05, 0) is 48.5 Å². The maximum Gasteiger partial charge on any atom is 0.255 e. The van der Waals surface area contributed by atoms with Crippen LogP contribution in [0.3, 0.4) is 0 Å². The van der Waals surface area contributed by atoms with Gasteiger partial charge >= 0.3 is 0 Å². The molecule has 0 bridgehead atoms. The Morgan fingerprint density at radius 3 is 2.69 bits per heavy atom. The van der Waals surface area contributed by atoms with Gasteiger partial charge < -0.3 is 20.1 Å². The summed E-state index contributed by atoms with van der Waals surface area (Å²) in [5.74, 6) is 0.897. The number of benzene rings is 3. The number of nitrogens with one attached hydrogen (secondary N) is 2. The van der Waals surface area contributed by atoms with E-state index in [9.17, 15) is 9.59 Å². The number of amides is 2. The molecule has 2 amide bonds. The molecule has 3 aromatic carbocycles. The third-order valence-electron chi connectivity index (χ3n) is 4.52. The summed E-state index contributed by atoms with van der Waals surface area (Å²) in [5, 5.41) is 6.20. The lowest BCUT2D eigenvalue weighted by molar-refractivity contribution is 0.0944. The monoisotopic (exact) mass is 408 g/mol. The van der Waals surface area contributed by atoms with Crippen molar-refractivity contribution < 1.29 is 19.1 Å². The molecule has 0 saturated heterocycles. The van der Waals surface area contributed by atoms with E-state index in [0.29, 0.717) is 45.6 Å². The van der Waals surface area contributed by atoms with Gasteiger partial charge in [0, 0.05) is 28.4 Å². The molecule has 0 spiro atoms. The van der Waals surface area contributed by atoms with Crippen LogP contribution >= 0.6 is 11.6 Å². The van der Waals surface area contributed by atoms with Gasteiger partial charge in [0.15, 0.2) is 11.5 Å². The van der Waals surface area contributed by atoms with E-state index in [4.69, 9.17) is 21.1 Å². The Kier molecular flexibility index (Phi) is 5.10. The van der Waals surface area contributed by atoms with Crippen LogP contribution < -0.4 is 20.1 Å². The van der Waals surface area contributed by atoms with Crippen LogP contribution in [0, 0.1) is 0 Å². The van der Waals surface area contributed by atoms with E-state index >= 15 is 0 Å². The van der Waals surface area contributed by atoms with Crippen molar-refractivity contribution >= 4 is 29.1 Å². The highest BCUT2D eigenvalue weighted by Gasteiger charge is 2.22. The van der Waals surface area contributed by atoms with Crippen molar-refractivity contribution in [1.82, 2.24) is 5.32 Å². The van der Waals surface area contributed by atoms with Gasteiger partial charge in [-0.2, -0.15) is 0 Å². The van der Waals surface area contributed by atoms with Crippen LogP contribution in [0.1, 0.15) is 26.3 Å². The van der Waals surface area contributed by atoms with Crippen LogP contribution in [0.4, 0.5) is 5.69 Å². The van der Waals surface area contributed by atoms with E-state index < -0.39 is 0 Å². The van der Waals surface area contributed by atoms with Crippen molar-refractivity contribution in [2.75, 3.05) is 12.4 Å². The highest BCUT2D eigenvalue weighted by atomic mass is 35.5. The van der Waals surface area contributed by atoms with Crippen LogP contribution in [-0.2, 0) is 6.54 Å². The molecule has 0 saturated carbocycles. The molecule has 0 aromatic heterocycles. The Morgan fingerprint density at radius 1 is 1.14 bits per heavy atom. The van der Waals surface area contributed by atoms with Gasteiger partial charge in [-0.15, -0.1) is 0 Å². The van der Waals surface area contributed by atoms with Gasteiger partial charge in [-0.3, -0.25) is 9.59 Å². The minimum Gasteiger partial charge on any atom is -0.493 e. The number of fused-ring (bicyclic) bond motifs is 2. The highest BCUT2D eigenvalue weighted by Crippen LogP contribution is 2.38. The molecule has 0 aliphatic carbocycles. The predicted molar refractivity (Wildman–Crippen MR) is 110 cm³/mol. The molecule has 0 fully saturated rings. The van der Waals surface area contributed by atoms with E-state index in [-0.39, 0.29) is 11.8 Å². The Hall–Kier alpha value is -3.51. The Bertz CT molecular complexity index is 1100. The molecule has 7 heteroatoms. The second-order valence-corrected chi connectivity index (χ2v) is 6.84. The molecule has 4 rings (SSSR count). The first-order chi connectivity index (χ1) is 14.0. The number of ether oxygens (including phenoxy) is 2. The van der Waals surface area contributed by atoms with Gasteiger partial charge in [0.2, 0.25) is 0 Å². The van der Waals surface area contributed by atoms with E-state index in [1.165, 1.54) is 0 Å². The van der Waals surface area contributed by atoms with E-state index in [2.05, 4.69) is 10.6 Å². The summed E-state index contributed by atoms with van der Waals surface area (Å²) in [5.41, 5.74) is 2.06. The number of carbonyl (C=O) groups is 2. The molecule has 1 heterocycles. The summed E-state index contributed by atoms with van der Waals surface area (Å²) < 4.78 is 11.4. The fourth-order valence-corrected chi connectivity index (χ4v) is 3.16. The summed E-state index contributed by atoms with van der Waals surface area (Å²) in [6, 6.07) is 16.9. The maximum absolute atomic E-state index is 12.6. The van der Waals surface area contributed by atoms with E-state index in [0.717, 1.165) is 5.56 Å². The highest BCUT2D eigenvalue weighted by molar-refractivity contribution is 6.30. The lowest BCUT2D eigenvalue weighted by atomic mass is 10.1. The molecule has 0 atom stereocenters. The van der Waals surface area contributed by atoms with Crippen molar-refractivity contribution in [2.24, 2.45) is 0 Å². The lowest BCUT2D eigenvalue weighted by Crippen LogP contribution is -2.25. The van der Waals surface area contributed by atoms with Crippen LogP contribution in [0.5, 0.6) is 17.2 Å². The van der Waals surface area contributed by atoms with Gasteiger partial charge in [0.05, 0.1) is 12.7 Å². The topological polar surface area (TPSA) is 76.7 Å². The average molecular weight is 409 g/mol. The number of anilines is 1. The third kappa shape index (κ3) is 3.88. The summed E-state index contributed by atoms with van der Waals surface area (Å²) in [6.45, 7) is 0.298. The molecule has 0 unspecified atom stereocenters. The molecule has 29 heavy (non-hydrogen) atoms. The van der Waals surface area contributed by atoms with Gasteiger partial charge in [0.1, 0.15) is 5.75 Å². The summed E-state index contributed by atoms with van der Waals surface area (Å²) >= 11 is 5.86. The average Bonchev–Trinajstić information content (AvgIpc) is 2.73. The van der Waals surface area contributed by atoms with Crippen molar-refractivity contribution in [1.29, 1.82) is 0 Å². The Morgan fingerprint density at radius 2 is 1.93 bits per heavy atom. The zero-order chi connectivity index (χ0) is 20.4. The molecule has 1 aliphatic rings. The third-order valence-corrected chi connectivity index (χ3v) is 4.77. The number of hydrogen-bond acceptors (Lipinski definition) is 4. The molecule has 6 nitrogen and oxygen atoms in total. The molecular formula is C22H17ClN2O4. The van der Waals surface area contributed by atoms with Crippen molar-refractivity contribution in [3.05, 3.63) is 82.4 Å². The first kappa shape index (κ1) is 18.8. The van der Waals surface area contributed by atoms with E-state index in [1.54, 1.807) is 55.6 Å². The summed E-state index contributed by atoms with van der Waals surface area (Å²) in [6.07, 6.45) is 0.